The van der Waals surface area contributed by atoms with Gasteiger partial charge in [-0.1, -0.05) is 6.07 Å². The van der Waals surface area contributed by atoms with Crippen LogP contribution in [0.1, 0.15) is 24.4 Å². The summed E-state index contributed by atoms with van der Waals surface area (Å²) in [6.07, 6.45) is 10.1. The van der Waals surface area contributed by atoms with Crippen molar-refractivity contribution in [2.24, 2.45) is 4.40 Å². The molecule has 1 aromatic heterocycles. The summed E-state index contributed by atoms with van der Waals surface area (Å²) in [6.45, 7) is 1.22. The summed E-state index contributed by atoms with van der Waals surface area (Å²) in [6, 6.07) is 4.79. The van der Waals surface area contributed by atoms with Crippen LogP contribution in [0.15, 0.2) is 40.4 Å². The maximum atomic E-state index is 4.14. The standard InChI is InChI=1S/C10H14N2.C3H3NS2/c1-12-7-3-5-10(12)9-4-2-6-11-8-9;1-2-4-6-5-3-1/h2,4,6,8,10H,3,5,7H2,1H3;1-3H. The first-order valence-corrected chi connectivity index (χ1v) is 8.16. The summed E-state index contributed by atoms with van der Waals surface area (Å²) >= 11 is 0. The normalized spacial score (nSPS) is 22.6. The van der Waals surface area contributed by atoms with Crippen molar-refractivity contribution in [2.75, 3.05) is 13.6 Å². The Balaban J connectivity index is 0.000000169. The maximum absolute atomic E-state index is 4.14. The van der Waals surface area contributed by atoms with Crippen LogP contribution in [0.2, 0.25) is 0 Å². The van der Waals surface area contributed by atoms with Crippen molar-refractivity contribution >= 4 is 28.0 Å². The molecule has 0 bridgehead atoms. The highest BCUT2D eigenvalue weighted by Crippen LogP contribution is 2.29. The van der Waals surface area contributed by atoms with E-state index in [0.29, 0.717) is 6.04 Å². The molecule has 96 valence electrons. The Morgan fingerprint density at radius 3 is 2.83 bits per heavy atom. The van der Waals surface area contributed by atoms with E-state index < -0.39 is 0 Å². The van der Waals surface area contributed by atoms with Crippen LogP contribution < -0.4 is 0 Å². The van der Waals surface area contributed by atoms with Crippen LogP contribution in [-0.2, 0) is 0 Å². The van der Waals surface area contributed by atoms with Gasteiger partial charge in [0.2, 0.25) is 0 Å². The van der Waals surface area contributed by atoms with E-state index in [-0.39, 0.29) is 0 Å². The zero-order valence-corrected chi connectivity index (χ0v) is 12.0. The van der Waals surface area contributed by atoms with Gasteiger partial charge < -0.3 is 0 Å². The minimum Gasteiger partial charge on any atom is -0.299 e. The van der Waals surface area contributed by atoms with Gasteiger partial charge in [-0.25, -0.2) is 4.40 Å². The van der Waals surface area contributed by atoms with Gasteiger partial charge in [-0.05, 0) is 60.3 Å². The van der Waals surface area contributed by atoms with Gasteiger partial charge in [0.25, 0.3) is 0 Å². The lowest BCUT2D eigenvalue weighted by atomic mass is 10.1. The first-order valence-electron chi connectivity index (χ1n) is 5.99. The molecule has 5 heteroatoms. The Morgan fingerprint density at radius 1 is 1.44 bits per heavy atom. The van der Waals surface area contributed by atoms with E-state index in [2.05, 4.69) is 27.4 Å². The molecule has 1 unspecified atom stereocenters. The number of likely N-dealkylation sites (tertiary alicyclic amines) is 1. The number of hydrogen-bond donors (Lipinski definition) is 0. The maximum Gasteiger partial charge on any atom is 0.0480 e. The second kappa shape index (κ2) is 7.61. The molecule has 1 aromatic rings. The van der Waals surface area contributed by atoms with Gasteiger partial charge in [-0.3, -0.25) is 9.88 Å². The first-order chi connectivity index (χ1) is 8.88. The number of pyridine rings is 1. The third-order valence-corrected chi connectivity index (χ3v) is 4.37. The fraction of sp³-hybridized carbons (Fsp3) is 0.385. The average Bonchev–Trinajstić information content (AvgIpc) is 2.89. The second-order valence-corrected chi connectivity index (χ2v) is 6.03. The molecule has 0 aromatic carbocycles. The summed E-state index contributed by atoms with van der Waals surface area (Å²) in [5.41, 5.74) is 1.36. The van der Waals surface area contributed by atoms with Crippen LogP contribution in [0.3, 0.4) is 0 Å². The number of aromatic nitrogens is 1. The molecule has 0 aliphatic carbocycles. The molecule has 1 fully saturated rings. The molecule has 1 atom stereocenters. The van der Waals surface area contributed by atoms with Gasteiger partial charge in [0.1, 0.15) is 0 Å². The van der Waals surface area contributed by atoms with Crippen LogP contribution in [0.5, 0.6) is 0 Å². The van der Waals surface area contributed by atoms with Gasteiger partial charge in [-0.2, -0.15) is 0 Å². The molecular formula is C13H17N3S2. The van der Waals surface area contributed by atoms with E-state index in [4.69, 9.17) is 0 Å². The molecular weight excluding hydrogens is 262 g/mol. The van der Waals surface area contributed by atoms with Gasteiger partial charge in [-0.15, -0.1) is 0 Å². The minimum atomic E-state index is 0.610. The SMILES string of the molecule is C1=CSSN=C1.CN1CCCC1c1cccnc1. The van der Waals surface area contributed by atoms with Crippen molar-refractivity contribution in [3.8, 4) is 0 Å². The van der Waals surface area contributed by atoms with E-state index >= 15 is 0 Å². The lowest BCUT2D eigenvalue weighted by Gasteiger charge is -2.18. The Kier molecular flexibility index (Phi) is 5.77. The molecule has 2 aliphatic rings. The zero-order chi connectivity index (χ0) is 12.6. The molecule has 0 N–H and O–H groups in total. The predicted octanol–water partition coefficient (Wildman–Crippen LogP) is 3.73. The molecule has 1 saturated heterocycles. The molecule has 3 rings (SSSR count). The third-order valence-electron chi connectivity index (χ3n) is 2.96. The molecule has 0 amide bonds. The Morgan fingerprint density at radius 2 is 2.39 bits per heavy atom. The Labute approximate surface area is 116 Å². The van der Waals surface area contributed by atoms with Crippen molar-refractivity contribution < 1.29 is 0 Å². The largest absolute Gasteiger partial charge is 0.299 e. The monoisotopic (exact) mass is 279 g/mol. The summed E-state index contributed by atoms with van der Waals surface area (Å²) in [7, 11) is 5.31. The third kappa shape index (κ3) is 4.15. The molecule has 0 spiro atoms. The highest BCUT2D eigenvalue weighted by atomic mass is 33.1. The molecule has 2 aliphatic heterocycles. The number of hydrogen-bond acceptors (Lipinski definition) is 5. The highest BCUT2D eigenvalue weighted by molar-refractivity contribution is 8.77. The highest BCUT2D eigenvalue weighted by Gasteiger charge is 2.21. The van der Waals surface area contributed by atoms with E-state index in [1.807, 2.05) is 29.9 Å². The number of allylic oxidation sites excluding steroid dienone is 1. The van der Waals surface area contributed by atoms with Crippen LogP contribution in [-0.4, -0.2) is 29.7 Å². The van der Waals surface area contributed by atoms with Crippen LogP contribution in [0, 0.1) is 0 Å². The predicted molar refractivity (Wildman–Crippen MR) is 81.7 cm³/mol. The molecule has 0 saturated carbocycles. The Hall–Kier alpha value is -0.780. The Bertz CT molecular complexity index is 394. The molecule has 3 heterocycles. The number of rotatable bonds is 1. The topological polar surface area (TPSA) is 28.5 Å². The first kappa shape index (κ1) is 13.6. The lowest BCUT2D eigenvalue weighted by Crippen LogP contribution is -2.17. The van der Waals surface area contributed by atoms with Crippen molar-refractivity contribution in [3.63, 3.8) is 0 Å². The van der Waals surface area contributed by atoms with Crippen LogP contribution in [0.4, 0.5) is 0 Å². The average molecular weight is 279 g/mol. The van der Waals surface area contributed by atoms with Crippen molar-refractivity contribution in [1.82, 2.24) is 9.88 Å². The molecule has 0 radical (unpaired) electrons. The lowest BCUT2D eigenvalue weighted by molar-refractivity contribution is 0.317. The summed E-state index contributed by atoms with van der Waals surface area (Å²) in [4.78, 5) is 6.54. The second-order valence-electron chi connectivity index (χ2n) is 4.18. The molecule has 3 nitrogen and oxygen atoms in total. The van der Waals surface area contributed by atoms with Gasteiger partial charge in [0, 0.05) is 35.6 Å². The smallest absolute Gasteiger partial charge is 0.0480 e. The van der Waals surface area contributed by atoms with E-state index in [9.17, 15) is 0 Å². The van der Waals surface area contributed by atoms with Crippen molar-refractivity contribution in [2.45, 2.75) is 18.9 Å². The molecule has 18 heavy (non-hydrogen) atoms. The van der Waals surface area contributed by atoms with Gasteiger partial charge in [0.05, 0.1) is 0 Å². The van der Waals surface area contributed by atoms with Crippen molar-refractivity contribution in [1.29, 1.82) is 0 Å². The van der Waals surface area contributed by atoms with E-state index in [1.165, 1.54) is 35.9 Å². The fourth-order valence-electron chi connectivity index (χ4n) is 2.08. The quantitative estimate of drug-likeness (QED) is 0.578. The van der Waals surface area contributed by atoms with Gasteiger partial charge in [0.15, 0.2) is 0 Å². The van der Waals surface area contributed by atoms with Crippen LogP contribution in [0.25, 0.3) is 0 Å². The summed E-state index contributed by atoms with van der Waals surface area (Å²) in [5, 5.41) is 2.00. The van der Waals surface area contributed by atoms with E-state index in [0.717, 1.165) is 0 Å². The zero-order valence-electron chi connectivity index (χ0n) is 10.4. The number of nitrogens with zero attached hydrogens (tertiary/aromatic N) is 3. The van der Waals surface area contributed by atoms with Gasteiger partial charge >= 0.3 is 0 Å². The fourth-order valence-corrected chi connectivity index (χ4v) is 3.07. The summed E-state index contributed by atoms with van der Waals surface area (Å²) in [5.74, 6) is 0. The minimum absolute atomic E-state index is 0.610. The van der Waals surface area contributed by atoms with Crippen molar-refractivity contribution in [3.05, 3.63) is 41.6 Å². The van der Waals surface area contributed by atoms with Crippen LogP contribution >= 0.6 is 21.8 Å². The summed E-state index contributed by atoms with van der Waals surface area (Å²) < 4.78 is 3.84. The van der Waals surface area contributed by atoms with E-state index in [1.54, 1.807) is 17.0 Å².